The highest BCUT2D eigenvalue weighted by molar-refractivity contribution is 4.74. The molecule has 0 aromatic rings. The van der Waals surface area contributed by atoms with Crippen LogP contribution in [-0.2, 0) is 0 Å². The maximum absolute atomic E-state index is 3.75. The van der Waals surface area contributed by atoms with Crippen molar-refractivity contribution in [1.82, 2.24) is 0 Å². The van der Waals surface area contributed by atoms with Gasteiger partial charge in [0.05, 0.1) is 0 Å². The summed E-state index contributed by atoms with van der Waals surface area (Å²) in [5.74, 6) is 0.873. The molecule has 72 valence electrons. The van der Waals surface area contributed by atoms with Crippen molar-refractivity contribution in [3.8, 4) is 0 Å². The standard InChI is InChI=1S/C12H24/c1-6-8-9-10-11(7-2)12(3,4)5/h6,11H,1,7-10H2,2-5H3. The Morgan fingerprint density at radius 2 is 1.92 bits per heavy atom. The van der Waals surface area contributed by atoms with E-state index in [1.54, 1.807) is 0 Å². The molecule has 0 saturated heterocycles. The highest BCUT2D eigenvalue weighted by atomic mass is 14.3. The van der Waals surface area contributed by atoms with Gasteiger partial charge in [0.1, 0.15) is 0 Å². The summed E-state index contributed by atoms with van der Waals surface area (Å²) in [7, 11) is 0. The van der Waals surface area contributed by atoms with E-state index in [1.165, 1.54) is 25.7 Å². The molecule has 0 amide bonds. The first kappa shape index (κ1) is 11.7. The third-order valence-corrected chi connectivity index (χ3v) is 2.68. The maximum Gasteiger partial charge on any atom is -0.0353 e. The SMILES string of the molecule is C=CCCCC(CC)C(C)(C)C. The van der Waals surface area contributed by atoms with Crippen LogP contribution >= 0.6 is 0 Å². The summed E-state index contributed by atoms with van der Waals surface area (Å²) in [6.07, 6.45) is 7.16. The minimum Gasteiger partial charge on any atom is -0.103 e. The van der Waals surface area contributed by atoms with Gasteiger partial charge in [-0.3, -0.25) is 0 Å². The molecule has 0 aromatic carbocycles. The lowest BCUT2D eigenvalue weighted by molar-refractivity contribution is 0.215. The molecule has 0 aliphatic rings. The molecule has 0 aliphatic carbocycles. The normalized spacial score (nSPS) is 14.3. The average molecular weight is 168 g/mol. The predicted octanol–water partition coefficient (Wildman–Crippen LogP) is 4.42. The van der Waals surface area contributed by atoms with Crippen LogP contribution in [-0.4, -0.2) is 0 Å². The van der Waals surface area contributed by atoms with E-state index in [9.17, 15) is 0 Å². The number of hydrogen-bond donors (Lipinski definition) is 0. The zero-order valence-corrected chi connectivity index (χ0v) is 9.19. The molecule has 0 fully saturated rings. The monoisotopic (exact) mass is 168 g/mol. The van der Waals surface area contributed by atoms with E-state index in [1.807, 2.05) is 6.08 Å². The van der Waals surface area contributed by atoms with E-state index < -0.39 is 0 Å². The molecule has 1 unspecified atom stereocenters. The Morgan fingerprint density at radius 1 is 1.33 bits per heavy atom. The van der Waals surface area contributed by atoms with Crippen LogP contribution in [0, 0.1) is 11.3 Å². The molecule has 1 atom stereocenters. The fourth-order valence-electron chi connectivity index (χ4n) is 1.76. The number of hydrogen-bond acceptors (Lipinski definition) is 0. The molecule has 0 heterocycles. The Bertz CT molecular complexity index is 116. The van der Waals surface area contributed by atoms with Crippen LogP contribution in [0.3, 0.4) is 0 Å². The molecule has 0 bridgehead atoms. The Kier molecular flexibility index (Phi) is 5.28. The van der Waals surface area contributed by atoms with Gasteiger partial charge in [0.15, 0.2) is 0 Å². The van der Waals surface area contributed by atoms with Gasteiger partial charge >= 0.3 is 0 Å². The van der Waals surface area contributed by atoms with Gasteiger partial charge in [-0.15, -0.1) is 6.58 Å². The van der Waals surface area contributed by atoms with E-state index in [0.29, 0.717) is 5.41 Å². The molecule has 0 spiro atoms. The third kappa shape index (κ3) is 4.58. The van der Waals surface area contributed by atoms with Gasteiger partial charge in [-0.05, 0) is 30.6 Å². The van der Waals surface area contributed by atoms with Gasteiger partial charge in [-0.25, -0.2) is 0 Å². The molecule has 0 rings (SSSR count). The molecule has 0 saturated carbocycles. The predicted molar refractivity (Wildman–Crippen MR) is 57.3 cm³/mol. The van der Waals surface area contributed by atoms with Crippen molar-refractivity contribution < 1.29 is 0 Å². The molecule has 0 nitrogen and oxygen atoms in total. The molecule has 0 N–H and O–H groups in total. The van der Waals surface area contributed by atoms with Crippen LogP contribution in [0.1, 0.15) is 53.4 Å². The summed E-state index contributed by atoms with van der Waals surface area (Å²) in [6.45, 7) is 13.1. The zero-order valence-electron chi connectivity index (χ0n) is 9.19. The maximum atomic E-state index is 3.75. The first-order valence-corrected chi connectivity index (χ1v) is 5.13. The van der Waals surface area contributed by atoms with Crippen molar-refractivity contribution in [2.45, 2.75) is 53.4 Å². The van der Waals surface area contributed by atoms with Crippen molar-refractivity contribution in [1.29, 1.82) is 0 Å². The first-order chi connectivity index (χ1) is 5.52. The van der Waals surface area contributed by atoms with Gasteiger partial charge in [-0.2, -0.15) is 0 Å². The minimum atomic E-state index is 0.482. The summed E-state index contributed by atoms with van der Waals surface area (Å²) in [5, 5.41) is 0. The van der Waals surface area contributed by atoms with E-state index in [4.69, 9.17) is 0 Å². The molecule has 0 radical (unpaired) electrons. The minimum absolute atomic E-state index is 0.482. The lowest BCUT2D eigenvalue weighted by atomic mass is 9.76. The van der Waals surface area contributed by atoms with Crippen molar-refractivity contribution in [2.24, 2.45) is 11.3 Å². The average Bonchev–Trinajstić information content (AvgIpc) is 1.95. The topological polar surface area (TPSA) is 0 Å². The van der Waals surface area contributed by atoms with Gasteiger partial charge in [0, 0.05) is 0 Å². The Morgan fingerprint density at radius 3 is 2.25 bits per heavy atom. The number of rotatable bonds is 5. The van der Waals surface area contributed by atoms with Crippen LogP contribution in [0.25, 0.3) is 0 Å². The van der Waals surface area contributed by atoms with Crippen LogP contribution < -0.4 is 0 Å². The van der Waals surface area contributed by atoms with Crippen LogP contribution in [0.4, 0.5) is 0 Å². The van der Waals surface area contributed by atoms with Crippen LogP contribution in [0.2, 0.25) is 0 Å². The van der Waals surface area contributed by atoms with Gasteiger partial charge in [0.25, 0.3) is 0 Å². The molecule has 0 aromatic heterocycles. The second-order valence-corrected chi connectivity index (χ2v) is 4.69. The van der Waals surface area contributed by atoms with E-state index in [-0.39, 0.29) is 0 Å². The van der Waals surface area contributed by atoms with Crippen LogP contribution in [0.15, 0.2) is 12.7 Å². The van der Waals surface area contributed by atoms with Gasteiger partial charge in [-0.1, -0.05) is 40.2 Å². The van der Waals surface area contributed by atoms with Crippen LogP contribution in [0.5, 0.6) is 0 Å². The lowest BCUT2D eigenvalue weighted by Crippen LogP contribution is -2.19. The van der Waals surface area contributed by atoms with Gasteiger partial charge < -0.3 is 0 Å². The van der Waals surface area contributed by atoms with Crippen molar-refractivity contribution in [2.75, 3.05) is 0 Å². The highest BCUT2D eigenvalue weighted by Gasteiger charge is 2.21. The van der Waals surface area contributed by atoms with E-state index in [2.05, 4.69) is 34.3 Å². The Balaban J connectivity index is 3.75. The fraction of sp³-hybridized carbons (Fsp3) is 0.833. The summed E-state index contributed by atoms with van der Waals surface area (Å²) < 4.78 is 0. The van der Waals surface area contributed by atoms with E-state index in [0.717, 1.165) is 5.92 Å². The third-order valence-electron chi connectivity index (χ3n) is 2.68. The fourth-order valence-corrected chi connectivity index (χ4v) is 1.76. The van der Waals surface area contributed by atoms with Gasteiger partial charge in [0.2, 0.25) is 0 Å². The second kappa shape index (κ2) is 5.40. The Hall–Kier alpha value is -0.260. The zero-order chi connectivity index (χ0) is 9.61. The largest absolute Gasteiger partial charge is 0.103 e. The molecule has 12 heavy (non-hydrogen) atoms. The summed E-state index contributed by atoms with van der Waals surface area (Å²) in [6, 6.07) is 0. The summed E-state index contributed by atoms with van der Waals surface area (Å²) in [4.78, 5) is 0. The molecule has 0 heteroatoms. The summed E-state index contributed by atoms with van der Waals surface area (Å²) in [5.41, 5.74) is 0.482. The molecule has 0 aliphatic heterocycles. The Labute approximate surface area is 78.1 Å². The quantitative estimate of drug-likeness (QED) is 0.421. The van der Waals surface area contributed by atoms with Crippen molar-refractivity contribution >= 4 is 0 Å². The van der Waals surface area contributed by atoms with E-state index >= 15 is 0 Å². The number of allylic oxidation sites excluding steroid dienone is 1. The molecular formula is C12H24. The smallest absolute Gasteiger partial charge is 0.0353 e. The van der Waals surface area contributed by atoms with Crippen molar-refractivity contribution in [3.05, 3.63) is 12.7 Å². The highest BCUT2D eigenvalue weighted by Crippen LogP contribution is 2.32. The first-order valence-electron chi connectivity index (χ1n) is 5.13. The summed E-state index contributed by atoms with van der Waals surface area (Å²) >= 11 is 0. The molecular weight excluding hydrogens is 144 g/mol. The number of unbranched alkanes of at least 4 members (excludes halogenated alkanes) is 1. The lowest BCUT2D eigenvalue weighted by Gasteiger charge is -2.29. The second-order valence-electron chi connectivity index (χ2n) is 4.69. The van der Waals surface area contributed by atoms with Crippen molar-refractivity contribution in [3.63, 3.8) is 0 Å².